The number of aromatic nitrogens is 1. The van der Waals surface area contributed by atoms with Crippen LogP contribution in [-0.2, 0) is 21.1 Å². The molecule has 1 saturated heterocycles. The van der Waals surface area contributed by atoms with E-state index < -0.39 is 9.84 Å². The molecule has 1 amide bonds. The van der Waals surface area contributed by atoms with E-state index in [0.717, 1.165) is 10.9 Å². The van der Waals surface area contributed by atoms with Crippen LogP contribution in [0.25, 0.3) is 10.9 Å². The van der Waals surface area contributed by atoms with Gasteiger partial charge in [-0.1, -0.05) is 6.07 Å². The number of carbonyl (C=O) groups excluding carboxylic acids is 1. The number of carbonyl (C=O) groups is 1. The fourth-order valence-corrected chi connectivity index (χ4v) is 4.56. The van der Waals surface area contributed by atoms with E-state index in [1.165, 1.54) is 0 Å². The Morgan fingerprint density at radius 1 is 1.39 bits per heavy atom. The van der Waals surface area contributed by atoms with Gasteiger partial charge < -0.3 is 14.6 Å². The highest BCUT2D eigenvalue weighted by molar-refractivity contribution is 7.91. The highest BCUT2D eigenvalue weighted by Crippen LogP contribution is 2.19. The van der Waals surface area contributed by atoms with Crippen LogP contribution in [0.4, 0.5) is 0 Å². The van der Waals surface area contributed by atoms with Crippen molar-refractivity contribution in [3.05, 3.63) is 36.0 Å². The highest BCUT2D eigenvalue weighted by atomic mass is 32.2. The molecule has 1 aliphatic heterocycles. The normalized spacial score (nSPS) is 20.0. The number of sulfone groups is 1. The van der Waals surface area contributed by atoms with Crippen molar-refractivity contribution in [1.29, 1.82) is 0 Å². The van der Waals surface area contributed by atoms with Crippen LogP contribution in [0.15, 0.2) is 30.5 Å². The molecule has 2 heterocycles. The molecule has 7 heteroatoms. The van der Waals surface area contributed by atoms with Gasteiger partial charge in [0.25, 0.3) is 5.91 Å². The van der Waals surface area contributed by atoms with Crippen molar-refractivity contribution in [3.63, 3.8) is 0 Å². The number of nitrogens with one attached hydrogen (secondary N) is 1. The van der Waals surface area contributed by atoms with Gasteiger partial charge in [-0.15, -0.1) is 0 Å². The average molecular weight is 336 g/mol. The van der Waals surface area contributed by atoms with Crippen LogP contribution in [0.3, 0.4) is 0 Å². The van der Waals surface area contributed by atoms with Crippen molar-refractivity contribution in [2.45, 2.75) is 19.0 Å². The monoisotopic (exact) mass is 336 g/mol. The number of methoxy groups -OCH3 is 1. The Labute approximate surface area is 135 Å². The topological polar surface area (TPSA) is 77.4 Å². The fourth-order valence-electron chi connectivity index (χ4n) is 2.89. The Morgan fingerprint density at radius 3 is 2.91 bits per heavy atom. The van der Waals surface area contributed by atoms with E-state index in [4.69, 9.17) is 4.74 Å². The van der Waals surface area contributed by atoms with Crippen LogP contribution in [0, 0.1) is 0 Å². The molecule has 1 N–H and O–H groups in total. The third-order valence-electron chi connectivity index (χ3n) is 4.14. The van der Waals surface area contributed by atoms with Gasteiger partial charge in [-0.3, -0.25) is 4.79 Å². The zero-order valence-electron chi connectivity index (χ0n) is 13.0. The van der Waals surface area contributed by atoms with E-state index in [0.29, 0.717) is 25.1 Å². The highest BCUT2D eigenvalue weighted by Gasteiger charge is 2.29. The van der Waals surface area contributed by atoms with Gasteiger partial charge in [0.05, 0.1) is 18.1 Å². The van der Waals surface area contributed by atoms with E-state index in [-0.39, 0.29) is 23.5 Å². The molecule has 124 valence electrons. The maximum atomic E-state index is 12.4. The molecule has 0 radical (unpaired) electrons. The first-order valence-corrected chi connectivity index (χ1v) is 9.40. The van der Waals surface area contributed by atoms with Gasteiger partial charge in [-0.25, -0.2) is 8.42 Å². The molecule has 23 heavy (non-hydrogen) atoms. The smallest absolute Gasteiger partial charge is 0.251 e. The van der Waals surface area contributed by atoms with Crippen molar-refractivity contribution >= 4 is 26.6 Å². The summed E-state index contributed by atoms with van der Waals surface area (Å²) >= 11 is 0. The minimum atomic E-state index is -3.00. The maximum absolute atomic E-state index is 12.4. The van der Waals surface area contributed by atoms with Crippen molar-refractivity contribution < 1.29 is 17.9 Å². The van der Waals surface area contributed by atoms with Gasteiger partial charge in [0.2, 0.25) is 0 Å². The lowest BCUT2D eigenvalue weighted by atomic mass is 10.1. The van der Waals surface area contributed by atoms with Crippen molar-refractivity contribution in [2.75, 3.05) is 25.2 Å². The summed E-state index contributed by atoms with van der Waals surface area (Å²) in [6.45, 7) is 1.31. The summed E-state index contributed by atoms with van der Waals surface area (Å²) in [5.41, 5.74) is 1.51. The van der Waals surface area contributed by atoms with Crippen LogP contribution >= 0.6 is 0 Å². The summed E-state index contributed by atoms with van der Waals surface area (Å²) in [4.78, 5) is 12.4. The van der Waals surface area contributed by atoms with Crippen LogP contribution < -0.4 is 5.32 Å². The Morgan fingerprint density at radius 2 is 2.22 bits per heavy atom. The van der Waals surface area contributed by atoms with Gasteiger partial charge in [0.1, 0.15) is 0 Å². The summed E-state index contributed by atoms with van der Waals surface area (Å²) in [7, 11) is -1.35. The summed E-state index contributed by atoms with van der Waals surface area (Å²) in [6, 6.07) is 7.21. The second-order valence-electron chi connectivity index (χ2n) is 5.85. The molecule has 6 nitrogen and oxygen atoms in total. The molecule has 0 spiro atoms. The third kappa shape index (κ3) is 3.56. The zero-order chi connectivity index (χ0) is 16.4. The second kappa shape index (κ2) is 6.33. The first kappa shape index (κ1) is 16.0. The van der Waals surface area contributed by atoms with Gasteiger partial charge in [-0.2, -0.15) is 0 Å². The predicted octanol–water partition coefficient (Wildman–Crippen LogP) is 1.20. The van der Waals surface area contributed by atoms with E-state index in [2.05, 4.69) is 5.32 Å². The summed E-state index contributed by atoms with van der Waals surface area (Å²) in [5.74, 6) is -0.0457. The number of amides is 1. The maximum Gasteiger partial charge on any atom is 0.251 e. The number of hydrogen-bond acceptors (Lipinski definition) is 4. The lowest BCUT2D eigenvalue weighted by Crippen LogP contribution is -2.35. The molecule has 1 atom stereocenters. The summed E-state index contributed by atoms with van der Waals surface area (Å²) < 4.78 is 30.1. The lowest BCUT2D eigenvalue weighted by molar-refractivity contribution is 0.0941. The van der Waals surface area contributed by atoms with E-state index >= 15 is 0 Å². The standard InChI is InChI=1S/C16H20N2O4S/c1-22-8-7-18-6-4-12-2-3-13(10-15(12)18)16(19)17-14-5-9-23(20,21)11-14/h2-4,6,10,14H,5,7-9,11H2,1H3,(H,17,19)/t14-/m1/s1. The molecule has 0 unspecified atom stereocenters. The minimum absolute atomic E-state index is 0.0329. The second-order valence-corrected chi connectivity index (χ2v) is 8.08. The van der Waals surface area contributed by atoms with E-state index in [1.54, 1.807) is 13.2 Å². The molecule has 2 aromatic rings. The molecule has 1 aromatic carbocycles. The Balaban J connectivity index is 1.78. The largest absolute Gasteiger partial charge is 0.383 e. The quantitative estimate of drug-likeness (QED) is 0.890. The van der Waals surface area contributed by atoms with Crippen LogP contribution in [0.5, 0.6) is 0 Å². The first-order valence-electron chi connectivity index (χ1n) is 7.57. The van der Waals surface area contributed by atoms with Gasteiger partial charge in [0.15, 0.2) is 9.84 Å². The molecule has 0 bridgehead atoms. The predicted molar refractivity (Wildman–Crippen MR) is 88.3 cm³/mol. The number of nitrogens with zero attached hydrogens (tertiary/aromatic N) is 1. The van der Waals surface area contributed by atoms with Crippen LogP contribution in [0.1, 0.15) is 16.8 Å². The fraction of sp³-hybridized carbons (Fsp3) is 0.438. The van der Waals surface area contributed by atoms with Gasteiger partial charge in [-0.05, 0) is 30.0 Å². The molecular formula is C16H20N2O4S. The Bertz CT molecular complexity index is 826. The number of ether oxygens (including phenoxy) is 1. The molecule has 0 aliphatic carbocycles. The van der Waals surface area contributed by atoms with E-state index in [9.17, 15) is 13.2 Å². The lowest BCUT2D eigenvalue weighted by Gasteiger charge is -2.11. The molecule has 1 fully saturated rings. The molecule has 0 saturated carbocycles. The van der Waals surface area contributed by atoms with Gasteiger partial charge in [0, 0.05) is 37.0 Å². The molecule has 1 aliphatic rings. The molecule has 1 aromatic heterocycles. The average Bonchev–Trinajstić information content (AvgIpc) is 3.07. The molecular weight excluding hydrogens is 316 g/mol. The van der Waals surface area contributed by atoms with Crippen molar-refractivity contribution in [2.24, 2.45) is 0 Å². The Hall–Kier alpha value is -1.86. The summed E-state index contributed by atoms with van der Waals surface area (Å²) in [6.07, 6.45) is 2.45. The number of rotatable bonds is 5. The zero-order valence-corrected chi connectivity index (χ0v) is 13.8. The minimum Gasteiger partial charge on any atom is -0.383 e. The van der Waals surface area contributed by atoms with Crippen molar-refractivity contribution in [1.82, 2.24) is 9.88 Å². The van der Waals surface area contributed by atoms with Gasteiger partial charge >= 0.3 is 0 Å². The number of hydrogen-bond donors (Lipinski definition) is 1. The Kier molecular flexibility index (Phi) is 4.41. The van der Waals surface area contributed by atoms with Crippen LogP contribution in [-0.4, -0.2) is 50.2 Å². The number of benzene rings is 1. The van der Waals surface area contributed by atoms with E-state index in [1.807, 2.05) is 29.0 Å². The van der Waals surface area contributed by atoms with Crippen molar-refractivity contribution in [3.8, 4) is 0 Å². The molecule has 3 rings (SSSR count). The number of fused-ring (bicyclic) bond motifs is 1. The SMILES string of the molecule is COCCn1ccc2ccc(C(=O)N[C@@H]3CCS(=O)(=O)C3)cc21. The third-order valence-corrected chi connectivity index (χ3v) is 5.91. The first-order chi connectivity index (χ1) is 11.0. The van der Waals surface area contributed by atoms with Crippen LogP contribution in [0.2, 0.25) is 0 Å². The summed E-state index contributed by atoms with van der Waals surface area (Å²) in [5, 5.41) is 3.87.